The Morgan fingerprint density at radius 1 is 1.21 bits per heavy atom. The molecular formula is C22H25N5O2. The van der Waals surface area contributed by atoms with Gasteiger partial charge in [0.2, 0.25) is 5.91 Å². The minimum Gasteiger partial charge on any atom is -0.497 e. The Kier molecular flexibility index (Phi) is 4.45. The molecule has 2 aliphatic carbocycles. The standard InChI is InChI=1S/C22H25N5O2/c1-13(24-22(28)20-16-5-3-4-6-17(16)20)21-25-19-11-18(23-12-27(19)26-21)14-7-9-15(29-2)10-8-14/h7-13,16-17,20H,3-6H2,1-2H3,(H,24,28)/t13-,16?,17?,20?/m0/s1. The number of methoxy groups -OCH3 is 1. The highest BCUT2D eigenvalue weighted by molar-refractivity contribution is 5.82. The molecule has 5 rings (SSSR count). The highest BCUT2D eigenvalue weighted by Crippen LogP contribution is 2.55. The number of aromatic nitrogens is 4. The molecule has 1 N–H and O–H groups in total. The maximum absolute atomic E-state index is 12.7. The molecule has 29 heavy (non-hydrogen) atoms. The summed E-state index contributed by atoms with van der Waals surface area (Å²) in [6, 6.07) is 9.42. The van der Waals surface area contributed by atoms with Crippen molar-refractivity contribution in [2.45, 2.75) is 38.6 Å². The Morgan fingerprint density at radius 3 is 2.62 bits per heavy atom. The number of carbonyl (C=O) groups is 1. The van der Waals surface area contributed by atoms with E-state index in [1.807, 2.05) is 37.3 Å². The topological polar surface area (TPSA) is 81.4 Å². The number of hydrogen-bond acceptors (Lipinski definition) is 5. The summed E-state index contributed by atoms with van der Waals surface area (Å²) in [6.45, 7) is 1.94. The van der Waals surface area contributed by atoms with Gasteiger partial charge in [0, 0.05) is 17.5 Å². The molecule has 150 valence electrons. The lowest BCUT2D eigenvalue weighted by Gasteiger charge is -2.10. The fourth-order valence-electron chi connectivity index (χ4n) is 4.67. The van der Waals surface area contributed by atoms with Crippen LogP contribution >= 0.6 is 0 Å². The predicted octanol–water partition coefficient (Wildman–Crippen LogP) is 3.41. The molecule has 2 heterocycles. The first-order valence-corrected chi connectivity index (χ1v) is 10.3. The number of benzene rings is 1. The van der Waals surface area contributed by atoms with E-state index in [0.717, 1.165) is 17.0 Å². The fourth-order valence-corrected chi connectivity index (χ4v) is 4.67. The molecule has 7 heteroatoms. The smallest absolute Gasteiger partial charge is 0.224 e. The van der Waals surface area contributed by atoms with Crippen molar-refractivity contribution in [1.82, 2.24) is 24.9 Å². The molecule has 0 aliphatic heterocycles. The van der Waals surface area contributed by atoms with Gasteiger partial charge in [0.15, 0.2) is 11.5 Å². The number of rotatable bonds is 5. The van der Waals surface area contributed by atoms with E-state index in [4.69, 9.17) is 4.74 Å². The van der Waals surface area contributed by atoms with Crippen molar-refractivity contribution in [3.63, 3.8) is 0 Å². The van der Waals surface area contributed by atoms with E-state index in [-0.39, 0.29) is 17.9 Å². The molecule has 2 saturated carbocycles. The van der Waals surface area contributed by atoms with Crippen LogP contribution in [0.15, 0.2) is 36.7 Å². The SMILES string of the molecule is COc1ccc(-c2cc3nc([C@H](C)NC(=O)C4C5CCCCC54)nn3cn2)cc1. The van der Waals surface area contributed by atoms with E-state index in [1.54, 1.807) is 18.0 Å². The molecule has 3 atom stereocenters. The first-order chi connectivity index (χ1) is 14.1. The lowest BCUT2D eigenvalue weighted by Crippen LogP contribution is -2.29. The van der Waals surface area contributed by atoms with Crippen molar-refractivity contribution in [2.75, 3.05) is 7.11 Å². The van der Waals surface area contributed by atoms with E-state index in [0.29, 0.717) is 23.3 Å². The zero-order valence-electron chi connectivity index (χ0n) is 16.7. The van der Waals surface area contributed by atoms with Gasteiger partial charge in [0.25, 0.3) is 0 Å². The van der Waals surface area contributed by atoms with Crippen LogP contribution < -0.4 is 10.1 Å². The van der Waals surface area contributed by atoms with E-state index in [1.165, 1.54) is 25.7 Å². The molecule has 2 unspecified atom stereocenters. The largest absolute Gasteiger partial charge is 0.497 e. The highest BCUT2D eigenvalue weighted by Gasteiger charge is 2.54. The van der Waals surface area contributed by atoms with Gasteiger partial charge in [-0.3, -0.25) is 4.79 Å². The van der Waals surface area contributed by atoms with Crippen molar-refractivity contribution in [2.24, 2.45) is 17.8 Å². The molecule has 3 aromatic rings. The third-order valence-electron chi connectivity index (χ3n) is 6.34. The van der Waals surface area contributed by atoms with E-state index >= 15 is 0 Å². The number of hydrogen-bond donors (Lipinski definition) is 1. The second-order valence-electron chi connectivity index (χ2n) is 8.14. The third kappa shape index (κ3) is 3.34. The maximum atomic E-state index is 12.7. The summed E-state index contributed by atoms with van der Waals surface area (Å²) in [4.78, 5) is 21.8. The Morgan fingerprint density at radius 2 is 1.93 bits per heavy atom. The van der Waals surface area contributed by atoms with Gasteiger partial charge in [-0.1, -0.05) is 12.8 Å². The first-order valence-electron chi connectivity index (χ1n) is 10.3. The zero-order valence-corrected chi connectivity index (χ0v) is 16.7. The summed E-state index contributed by atoms with van der Waals surface area (Å²) in [5.41, 5.74) is 2.51. The van der Waals surface area contributed by atoms with Crippen molar-refractivity contribution in [3.05, 3.63) is 42.5 Å². The van der Waals surface area contributed by atoms with Crippen molar-refractivity contribution >= 4 is 11.6 Å². The van der Waals surface area contributed by atoms with Crippen LogP contribution in [0.25, 0.3) is 16.9 Å². The molecular weight excluding hydrogens is 366 g/mol. The average molecular weight is 391 g/mol. The van der Waals surface area contributed by atoms with Crippen LogP contribution in [0.4, 0.5) is 0 Å². The van der Waals surface area contributed by atoms with Gasteiger partial charge >= 0.3 is 0 Å². The summed E-state index contributed by atoms with van der Waals surface area (Å²) < 4.78 is 6.86. The summed E-state index contributed by atoms with van der Waals surface area (Å²) >= 11 is 0. The number of nitrogens with zero attached hydrogens (tertiary/aromatic N) is 4. The van der Waals surface area contributed by atoms with Crippen LogP contribution in [-0.2, 0) is 4.79 Å². The summed E-state index contributed by atoms with van der Waals surface area (Å²) in [7, 11) is 1.65. The third-order valence-corrected chi connectivity index (χ3v) is 6.34. The molecule has 0 bridgehead atoms. The average Bonchev–Trinajstić information content (AvgIpc) is 3.33. The second-order valence-corrected chi connectivity index (χ2v) is 8.14. The molecule has 0 saturated heterocycles. The molecule has 7 nitrogen and oxygen atoms in total. The zero-order chi connectivity index (χ0) is 20.0. The lowest BCUT2D eigenvalue weighted by atomic mass is 10.0. The normalized spacial score (nSPS) is 24.0. The van der Waals surface area contributed by atoms with Gasteiger partial charge in [-0.2, -0.15) is 0 Å². The van der Waals surface area contributed by atoms with Crippen LogP contribution in [0, 0.1) is 17.8 Å². The Hall–Kier alpha value is -2.96. The van der Waals surface area contributed by atoms with Crippen LogP contribution in [0.2, 0.25) is 0 Å². The fraction of sp³-hybridized carbons (Fsp3) is 0.455. The molecule has 0 radical (unpaired) electrons. The van der Waals surface area contributed by atoms with E-state index in [9.17, 15) is 4.79 Å². The summed E-state index contributed by atoms with van der Waals surface area (Å²) in [5.74, 6) is 2.96. The van der Waals surface area contributed by atoms with E-state index < -0.39 is 0 Å². The second kappa shape index (κ2) is 7.13. The molecule has 0 spiro atoms. The number of ether oxygens (including phenoxy) is 1. The number of fused-ring (bicyclic) bond motifs is 2. The Balaban J connectivity index is 1.32. The quantitative estimate of drug-likeness (QED) is 0.721. The first kappa shape index (κ1) is 18.1. The van der Waals surface area contributed by atoms with Crippen LogP contribution in [0.3, 0.4) is 0 Å². The highest BCUT2D eigenvalue weighted by atomic mass is 16.5. The van der Waals surface area contributed by atoms with Crippen molar-refractivity contribution in [3.8, 4) is 17.0 Å². The number of amides is 1. The minimum atomic E-state index is -0.227. The monoisotopic (exact) mass is 391 g/mol. The van der Waals surface area contributed by atoms with Gasteiger partial charge < -0.3 is 10.1 Å². The molecule has 2 fully saturated rings. The summed E-state index contributed by atoms with van der Waals surface area (Å²) in [6.07, 6.45) is 6.58. The number of carbonyl (C=O) groups excluding carboxylic acids is 1. The van der Waals surface area contributed by atoms with Crippen molar-refractivity contribution in [1.29, 1.82) is 0 Å². The van der Waals surface area contributed by atoms with Gasteiger partial charge in [0.05, 0.1) is 18.8 Å². The van der Waals surface area contributed by atoms with E-state index in [2.05, 4.69) is 20.4 Å². The molecule has 2 aliphatic rings. The van der Waals surface area contributed by atoms with Gasteiger partial charge in [-0.15, -0.1) is 5.10 Å². The summed E-state index contributed by atoms with van der Waals surface area (Å²) in [5, 5.41) is 7.63. The predicted molar refractivity (Wildman–Crippen MR) is 108 cm³/mol. The Labute approximate surface area is 169 Å². The lowest BCUT2D eigenvalue weighted by molar-refractivity contribution is -0.123. The van der Waals surface area contributed by atoms with Gasteiger partial charge in [0.1, 0.15) is 12.1 Å². The van der Waals surface area contributed by atoms with Crippen LogP contribution in [0.5, 0.6) is 5.75 Å². The van der Waals surface area contributed by atoms with Gasteiger partial charge in [-0.05, 0) is 55.9 Å². The minimum absolute atomic E-state index is 0.158. The maximum Gasteiger partial charge on any atom is 0.224 e. The molecule has 2 aromatic heterocycles. The molecule has 1 aromatic carbocycles. The molecule has 1 amide bonds. The number of nitrogens with one attached hydrogen (secondary N) is 1. The van der Waals surface area contributed by atoms with Crippen molar-refractivity contribution < 1.29 is 9.53 Å². The van der Waals surface area contributed by atoms with Crippen LogP contribution in [-0.4, -0.2) is 32.6 Å². The Bertz CT molecular complexity index is 1030. The van der Waals surface area contributed by atoms with Crippen LogP contribution in [0.1, 0.15) is 44.5 Å². The van der Waals surface area contributed by atoms with Gasteiger partial charge in [-0.25, -0.2) is 14.5 Å².